The second-order valence-corrected chi connectivity index (χ2v) is 6.98. The first-order valence-electron chi connectivity index (χ1n) is 7.14. The first kappa shape index (κ1) is 13.8. The van der Waals surface area contributed by atoms with Gasteiger partial charge in [-0.2, -0.15) is 0 Å². The number of nitrogens with zero attached hydrogens (tertiary/aromatic N) is 1. The Morgan fingerprint density at radius 1 is 1.28 bits per heavy atom. The minimum atomic E-state index is -0.125. The molecule has 104 valence electrons. The lowest BCUT2D eigenvalue weighted by molar-refractivity contribution is -0.122. The minimum Gasteiger partial charge on any atom is -0.351 e. The lowest BCUT2D eigenvalue weighted by Gasteiger charge is -2.36. The van der Waals surface area contributed by atoms with Crippen molar-refractivity contribution in [3.63, 3.8) is 0 Å². The molecule has 1 aliphatic carbocycles. The third kappa shape index (κ3) is 3.45. The number of piperidine rings is 1. The predicted octanol–water partition coefficient (Wildman–Crippen LogP) is 0.960. The van der Waals surface area contributed by atoms with Crippen LogP contribution in [0.4, 0.5) is 0 Å². The molecule has 2 rings (SSSR count). The molecular weight excluding hydrogens is 226 g/mol. The summed E-state index contributed by atoms with van der Waals surface area (Å²) >= 11 is 0. The Hall–Kier alpha value is -0.610. The monoisotopic (exact) mass is 253 g/mol. The fraction of sp³-hybridized carbons (Fsp3) is 0.929. The first-order valence-corrected chi connectivity index (χ1v) is 7.14. The molecule has 4 heteroatoms. The number of carbonyl (C=O) groups is 1. The number of hydrogen-bond donors (Lipinski definition) is 2. The molecule has 2 aliphatic rings. The summed E-state index contributed by atoms with van der Waals surface area (Å²) in [5, 5.41) is 3.02. The van der Waals surface area contributed by atoms with E-state index in [9.17, 15) is 4.79 Å². The van der Waals surface area contributed by atoms with Crippen molar-refractivity contribution in [1.82, 2.24) is 10.2 Å². The zero-order valence-electron chi connectivity index (χ0n) is 11.9. The van der Waals surface area contributed by atoms with E-state index in [0.29, 0.717) is 24.3 Å². The van der Waals surface area contributed by atoms with Crippen LogP contribution in [0.3, 0.4) is 0 Å². The number of likely N-dealkylation sites (tertiary alicyclic amines) is 1. The van der Waals surface area contributed by atoms with Gasteiger partial charge in [-0.1, -0.05) is 0 Å². The van der Waals surface area contributed by atoms with Crippen LogP contribution in [0.1, 0.15) is 40.0 Å². The molecule has 0 radical (unpaired) electrons. The van der Waals surface area contributed by atoms with E-state index in [1.165, 1.54) is 12.8 Å². The van der Waals surface area contributed by atoms with Gasteiger partial charge in [0.2, 0.25) is 5.91 Å². The summed E-state index contributed by atoms with van der Waals surface area (Å²) in [6.45, 7) is 9.10. The topological polar surface area (TPSA) is 58.4 Å². The number of rotatable bonds is 3. The van der Waals surface area contributed by atoms with E-state index in [1.807, 2.05) is 20.8 Å². The van der Waals surface area contributed by atoms with E-state index in [0.717, 1.165) is 19.6 Å². The summed E-state index contributed by atoms with van der Waals surface area (Å²) in [6.07, 6.45) is 3.15. The second-order valence-electron chi connectivity index (χ2n) is 6.98. The molecule has 0 spiro atoms. The number of nitrogens with two attached hydrogens (primary N) is 1. The summed E-state index contributed by atoms with van der Waals surface area (Å²) in [4.78, 5) is 14.2. The molecule has 1 saturated heterocycles. The summed E-state index contributed by atoms with van der Waals surface area (Å²) < 4.78 is 0. The van der Waals surface area contributed by atoms with Gasteiger partial charge in [-0.05, 0) is 45.4 Å². The molecule has 4 nitrogen and oxygen atoms in total. The molecular formula is C14H27N3O. The van der Waals surface area contributed by atoms with Gasteiger partial charge >= 0.3 is 0 Å². The molecule has 18 heavy (non-hydrogen) atoms. The van der Waals surface area contributed by atoms with Crippen molar-refractivity contribution in [2.45, 2.75) is 51.6 Å². The highest BCUT2D eigenvalue weighted by Crippen LogP contribution is 2.35. The zero-order chi connectivity index (χ0) is 13.3. The van der Waals surface area contributed by atoms with Gasteiger partial charge in [-0.3, -0.25) is 4.79 Å². The van der Waals surface area contributed by atoms with Crippen LogP contribution < -0.4 is 11.1 Å². The maximum absolute atomic E-state index is 11.8. The lowest BCUT2D eigenvalue weighted by atomic mass is 9.93. The van der Waals surface area contributed by atoms with Gasteiger partial charge < -0.3 is 16.0 Å². The Morgan fingerprint density at radius 2 is 1.83 bits per heavy atom. The molecule has 3 atom stereocenters. The van der Waals surface area contributed by atoms with E-state index < -0.39 is 0 Å². The van der Waals surface area contributed by atoms with Crippen molar-refractivity contribution in [3.05, 3.63) is 0 Å². The van der Waals surface area contributed by atoms with Gasteiger partial charge in [0.05, 0.1) is 0 Å². The molecule has 1 amide bonds. The van der Waals surface area contributed by atoms with Crippen molar-refractivity contribution < 1.29 is 4.79 Å². The molecule has 0 aromatic heterocycles. The van der Waals surface area contributed by atoms with Crippen LogP contribution >= 0.6 is 0 Å². The number of fused-ring (bicyclic) bond motifs is 2. The van der Waals surface area contributed by atoms with Crippen LogP contribution in [0.25, 0.3) is 0 Å². The van der Waals surface area contributed by atoms with Gasteiger partial charge in [0, 0.05) is 37.6 Å². The molecule has 0 aromatic carbocycles. The second kappa shape index (κ2) is 5.17. The van der Waals surface area contributed by atoms with Crippen molar-refractivity contribution in [2.24, 2.45) is 17.6 Å². The van der Waals surface area contributed by atoms with Gasteiger partial charge in [0.1, 0.15) is 0 Å². The zero-order valence-corrected chi connectivity index (χ0v) is 11.9. The Kier molecular flexibility index (Phi) is 3.97. The summed E-state index contributed by atoms with van der Waals surface area (Å²) in [5.74, 6) is 1.48. The molecule has 2 bridgehead atoms. The summed E-state index contributed by atoms with van der Waals surface area (Å²) in [6, 6.07) is 0.407. The standard InChI is InChI=1S/C14H27N3O/c1-14(2,3)16-12(18)6-7-17-8-10-4-5-11(9-17)13(10)15/h10-11,13H,4-9,15H2,1-3H3,(H,16,18)/t10-,11+,13?. The lowest BCUT2D eigenvalue weighted by Crippen LogP contribution is -2.49. The number of hydrogen-bond acceptors (Lipinski definition) is 3. The smallest absolute Gasteiger partial charge is 0.221 e. The van der Waals surface area contributed by atoms with Crippen molar-refractivity contribution in [1.29, 1.82) is 0 Å². The Labute approximate surface area is 110 Å². The van der Waals surface area contributed by atoms with E-state index in [1.54, 1.807) is 0 Å². The largest absolute Gasteiger partial charge is 0.351 e. The highest BCUT2D eigenvalue weighted by atomic mass is 16.1. The van der Waals surface area contributed by atoms with Gasteiger partial charge in [-0.15, -0.1) is 0 Å². The van der Waals surface area contributed by atoms with Crippen LogP contribution in [0.5, 0.6) is 0 Å². The van der Waals surface area contributed by atoms with Crippen LogP contribution in [-0.2, 0) is 4.79 Å². The molecule has 3 N–H and O–H groups in total. The molecule has 0 aromatic rings. The summed E-state index contributed by atoms with van der Waals surface area (Å²) in [5.41, 5.74) is 6.06. The maximum atomic E-state index is 11.8. The van der Waals surface area contributed by atoms with Gasteiger partial charge in [0.25, 0.3) is 0 Å². The predicted molar refractivity (Wildman–Crippen MR) is 73.1 cm³/mol. The number of carbonyl (C=O) groups excluding carboxylic acids is 1. The van der Waals surface area contributed by atoms with Crippen molar-refractivity contribution in [2.75, 3.05) is 19.6 Å². The normalized spacial score (nSPS) is 32.6. The Morgan fingerprint density at radius 3 is 2.33 bits per heavy atom. The van der Waals surface area contributed by atoms with Gasteiger partial charge in [0.15, 0.2) is 0 Å². The van der Waals surface area contributed by atoms with Crippen LogP contribution in [-0.4, -0.2) is 42.0 Å². The Bertz CT molecular complexity index is 297. The van der Waals surface area contributed by atoms with Gasteiger partial charge in [-0.25, -0.2) is 0 Å². The third-order valence-corrected chi connectivity index (χ3v) is 4.15. The maximum Gasteiger partial charge on any atom is 0.221 e. The van der Waals surface area contributed by atoms with E-state index in [4.69, 9.17) is 5.73 Å². The van der Waals surface area contributed by atoms with Crippen LogP contribution in [0.15, 0.2) is 0 Å². The molecule has 1 saturated carbocycles. The minimum absolute atomic E-state index is 0.125. The number of amides is 1. The quantitative estimate of drug-likeness (QED) is 0.787. The van der Waals surface area contributed by atoms with Crippen LogP contribution in [0.2, 0.25) is 0 Å². The van der Waals surface area contributed by atoms with Crippen molar-refractivity contribution >= 4 is 5.91 Å². The summed E-state index contributed by atoms with van der Waals surface area (Å²) in [7, 11) is 0. The van der Waals surface area contributed by atoms with E-state index in [-0.39, 0.29) is 11.4 Å². The van der Waals surface area contributed by atoms with E-state index >= 15 is 0 Å². The first-order chi connectivity index (χ1) is 8.35. The molecule has 1 heterocycles. The SMILES string of the molecule is CC(C)(C)NC(=O)CCN1C[C@H]2CC[C@@H](C1)C2N. The fourth-order valence-electron chi connectivity index (χ4n) is 3.28. The Balaban J connectivity index is 1.74. The molecule has 1 unspecified atom stereocenters. The highest BCUT2D eigenvalue weighted by molar-refractivity contribution is 5.76. The third-order valence-electron chi connectivity index (χ3n) is 4.15. The van der Waals surface area contributed by atoms with E-state index in [2.05, 4.69) is 10.2 Å². The fourth-order valence-corrected chi connectivity index (χ4v) is 3.28. The van der Waals surface area contributed by atoms with Crippen molar-refractivity contribution in [3.8, 4) is 0 Å². The molecule has 1 aliphatic heterocycles. The average molecular weight is 253 g/mol. The number of nitrogens with one attached hydrogen (secondary N) is 1. The average Bonchev–Trinajstić information content (AvgIpc) is 2.50. The highest BCUT2D eigenvalue weighted by Gasteiger charge is 2.39. The van der Waals surface area contributed by atoms with Crippen LogP contribution in [0, 0.1) is 11.8 Å². The molecule has 2 fully saturated rings.